The lowest BCUT2D eigenvalue weighted by Crippen LogP contribution is -1.97. The number of rotatable bonds is 3. The van der Waals surface area contributed by atoms with E-state index in [4.69, 9.17) is 16.3 Å². The number of aromatic nitrogens is 1. The van der Waals surface area contributed by atoms with Crippen molar-refractivity contribution in [2.24, 2.45) is 0 Å². The van der Waals surface area contributed by atoms with Crippen LogP contribution in [0, 0.1) is 0 Å². The third-order valence-electron chi connectivity index (χ3n) is 2.59. The minimum Gasteiger partial charge on any atom is -0.495 e. The number of benzene rings is 1. The van der Waals surface area contributed by atoms with Gasteiger partial charge in [-0.2, -0.15) is 0 Å². The summed E-state index contributed by atoms with van der Waals surface area (Å²) in [4.78, 5) is 3.90. The summed E-state index contributed by atoms with van der Waals surface area (Å²) in [5.41, 5.74) is 0.689. The molecule has 96 valence electrons. The second-order valence-corrected chi connectivity index (χ2v) is 4.06. The molecule has 0 radical (unpaired) electrons. The van der Waals surface area contributed by atoms with Gasteiger partial charge in [-0.3, -0.25) is 0 Å². The lowest BCUT2D eigenvalue weighted by Gasteiger charge is -2.11. The summed E-state index contributed by atoms with van der Waals surface area (Å²) in [6.07, 6.45) is -2.62. The van der Waals surface area contributed by atoms with Gasteiger partial charge in [0.25, 0.3) is 6.43 Å². The first-order valence-electron chi connectivity index (χ1n) is 5.21. The smallest absolute Gasteiger partial charge is 0.280 e. The minimum atomic E-state index is -2.62. The van der Waals surface area contributed by atoms with Gasteiger partial charge in [-0.1, -0.05) is 11.6 Å². The van der Waals surface area contributed by atoms with E-state index in [1.807, 2.05) is 0 Å². The average molecular weight is 273 g/mol. The van der Waals surface area contributed by atoms with E-state index in [2.05, 4.69) is 10.3 Å². The fraction of sp³-hybridized carbons (Fsp3) is 0.250. The highest BCUT2D eigenvalue weighted by Gasteiger charge is 2.14. The number of methoxy groups -OCH3 is 1. The van der Waals surface area contributed by atoms with Crippen LogP contribution in [0.25, 0.3) is 10.9 Å². The van der Waals surface area contributed by atoms with Crippen molar-refractivity contribution < 1.29 is 13.5 Å². The maximum Gasteiger partial charge on any atom is 0.280 e. The predicted octanol–water partition coefficient (Wildman–Crippen LogP) is 3.88. The van der Waals surface area contributed by atoms with Crippen molar-refractivity contribution in [3.63, 3.8) is 0 Å². The Morgan fingerprint density at radius 3 is 2.61 bits per heavy atom. The fourth-order valence-electron chi connectivity index (χ4n) is 1.72. The summed E-state index contributed by atoms with van der Waals surface area (Å²) in [7, 11) is 3.12. The van der Waals surface area contributed by atoms with Gasteiger partial charge in [0.2, 0.25) is 0 Å². The Balaban J connectivity index is 2.75. The molecule has 0 aliphatic heterocycles. The van der Waals surface area contributed by atoms with E-state index < -0.39 is 6.43 Å². The van der Waals surface area contributed by atoms with Crippen LogP contribution in [0.4, 0.5) is 14.5 Å². The van der Waals surface area contributed by atoms with Crippen molar-refractivity contribution in [3.05, 3.63) is 28.9 Å². The molecule has 0 aliphatic carbocycles. The summed E-state index contributed by atoms with van der Waals surface area (Å²) in [5, 5.41) is 3.94. The van der Waals surface area contributed by atoms with Crippen LogP contribution < -0.4 is 10.1 Å². The molecule has 0 bridgehead atoms. The van der Waals surface area contributed by atoms with Crippen LogP contribution >= 0.6 is 11.6 Å². The molecular weight excluding hydrogens is 262 g/mol. The van der Waals surface area contributed by atoms with E-state index >= 15 is 0 Å². The first-order valence-corrected chi connectivity index (χ1v) is 5.58. The van der Waals surface area contributed by atoms with E-state index in [1.165, 1.54) is 13.2 Å². The highest BCUT2D eigenvalue weighted by molar-refractivity contribution is 6.33. The Morgan fingerprint density at radius 1 is 1.33 bits per heavy atom. The van der Waals surface area contributed by atoms with Gasteiger partial charge in [-0.15, -0.1) is 0 Å². The Bertz CT molecular complexity index is 590. The Labute approximate surface area is 108 Å². The number of anilines is 1. The molecule has 6 heteroatoms. The van der Waals surface area contributed by atoms with Gasteiger partial charge in [0.15, 0.2) is 0 Å². The highest BCUT2D eigenvalue weighted by atomic mass is 35.5. The number of pyridine rings is 1. The van der Waals surface area contributed by atoms with Gasteiger partial charge >= 0.3 is 0 Å². The quantitative estimate of drug-likeness (QED) is 0.921. The molecule has 2 rings (SSSR count). The van der Waals surface area contributed by atoms with E-state index in [0.717, 1.165) is 0 Å². The topological polar surface area (TPSA) is 34.2 Å². The predicted molar refractivity (Wildman–Crippen MR) is 67.8 cm³/mol. The molecule has 0 unspecified atom stereocenters. The van der Waals surface area contributed by atoms with Crippen molar-refractivity contribution in [2.75, 3.05) is 19.5 Å². The van der Waals surface area contributed by atoms with Gasteiger partial charge in [0.05, 0.1) is 17.6 Å². The number of hydrogen-bond acceptors (Lipinski definition) is 3. The second-order valence-electron chi connectivity index (χ2n) is 3.65. The third kappa shape index (κ3) is 2.18. The molecule has 18 heavy (non-hydrogen) atoms. The van der Waals surface area contributed by atoms with Gasteiger partial charge in [-0.05, 0) is 12.1 Å². The molecule has 0 saturated carbocycles. The maximum atomic E-state index is 12.7. The molecule has 0 fully saturated rings. The largest absolute Gasteiger partial charge is 0.495 e. The van der Waals surface area contributed by atoms with E-state index in [1.54, 1.807) is 19.2 Å². The van der Waals surface area contributed by atoms with Gasteiger partial charge in [-0.25, -0.2) is 13.8 Å². The SMILES string of the molecule is CNc1cc(C(F)F)nc2cc(OC)c(Cl)cc12. The Kier molecular flexibility index (Phi) is 3.52. The van der Waals surface area contributed by atoms with Crippen molar-refractivity contribution in [3.8, 4) is 5.75 Å². The standard InChI is InChI=1S/C12H11ClF2N2O/c1-16-8-4-10(12(14)15)17-9-5-11(18-2)7(13)3-6(8)9/h3-5,12H,1-2H3,(H,16,17). The fourth-order valence-corrected chi connectivity index (χ4v) is 1.96. The average Bonchev–Trinajstić information content (AvgIpc) is 2.36. The number of hydrogen-bond donors (Lipinski definition) is 1. The Morgan fingerprint density at radius 2 is 2.06 bits per heavy atom. The lowest BCUT2D eigenvalue weighted by molar-refractivity contribution is 0.146. The molecule has 0 aliphatic rings. The van der Waals surface area contributed by atoms with Crippen molar-refractivity contribution in [1.29, 1.82) is 0 Å². The molecule has 0 spiro atoms. The zero-order valence-electron chi connectivity index (χ0n) is 9.80. The molecule has 1 aromatic carbocycles. The van der Waals surface area contributed by atoms with Gasteiger partial charge in [0.1, 0.15) is 11.4 Å². The summed E-state index contributed by atoms with van der Waals surface area (Å²) in [6.45, 7) is 0. The third-order valence-corrected chi connectivity index (χ3v) is 2.89. The minimum absolute atomic E-state index is 0.281. The van der Waals surface area contributed by atoms with Crippen LogP contribution in [-0.2, 0) is 0 Å². The monoisotopic (exact) mass is 272 g/mol. The molecule has 1 heterocycles. The number of fused-ring (bicyclic) bond motifs is 1. The molecule has 3 nitrogen and oxygen atoms in total. The molecule has 0 atom stereocenters. The maximum absolute atomic E-state index is 12.7. The van der Waals surface area contributed by atoms with Crippen LogP contribution in [0.15, 0.2) is 18.2 Å². The first kappa shape index (κ1) is 12.8. The molecule has 1 aromatic heterocycles. The van der Waals surface area contributed by atoms with Gasteiger partial charge < -0.3 is 10.1 Å². The summed E-state index contributed by atoms with van der Waals surface area (Å²) in [5.74, 6) is 0.408. The highest BCUT2D eigenvalue weighted by Crippen LogP contribution is 2.34. The zero-order chi connectivity index (χ0) is 13.3. The van der Waals surface area contributed by atoms with Crippen LogP contribution in [-0.4, -0.2) is 19.1 Å². The number of nitrogens with one attached hydrogen (secondary N) is 1. The van der Waals surface area contributed by atoms with Crippen molar-refractivity contribution >= 4 is 28.2 Å². The normalized spacial score (nSPS) is 11.0. The molecular formula is C12H11ClF2N2O. The van der Waals surface area contributed by atoms with Crippen LogP contribution in [0.2, 0.25) is 5.02 Å². The van der Waals surface area contributed by atoms with Crippen LogP contribution in [0.5, 0.6) is 5.75 Å². The second kappa shape index (κ2) is 4.94. The molecule has 1 N–H and O–H groups in total. The summed E-state index contributed by atoms with van der Waals surface area (Å²) < 4.78 is 30.5. The zero-order valence-corrected chi connectivity index (χ0v) is 10.6. The summed E-state index contributed by atoms with van der Waals surface area (Å²) in [6, 6.07) is 4.50. The molecule has 2 aromatic rings. The number of halogens is 3. The molecule has 0 saturated heterocycles. The number of ether oxygens (including phenoxy) is 1. The number of nitrogens with zero attached hydrogens (tertiary/aromatic N) is 1. The lowest BCUT2D eigenvalue weighted by atomic mass is 10.1. The molecule has 0 amide bonds. The van der Waals surface area contributed by atoms with Crippen molar-refractivity contribution in [2.45, 2.75) is 6.43 Å². The van der Waals surface area contributed by atoms with E-state index in [9.17, 15) is 8.78 Å². The van der Waals surface area contributed by atoms with Crippen molar-refractivity contribution in [1.82, 2.24) is 4.98 Å². The van der Waals surface area contributed by atoms with Crippen LogP contribution in [0.3, 0.4) is 0 Å². The Hall–Kier alpha value is -1.62. The number of alkyl halides is 2. The van der Waals surface area contributed by atoms with E-state index in [0.29, 0.717) is 27.4 Å². The van der Waals surface area contributed by atoms with Crippen LogP contribution in [0.1, 0.15) is 12.1 Å². The van der Waals surface area contributed by atoms with Gasteiger partial charge in [0, 0.05) is 24.2 Å². The summed E-state index contributed by atoms with van der Waals surface area (Å²) >= 11 is 6.01. The first-order chi connectivity index (χ1) is 8.56. The van der Waals surface area contributed by atoms with E-state index in [-0.39, 0.29) is 5.69 Å².